The Kier molecular flexibility index (Phi) is 5.60. The summed E-state index contributed by atoms with van der Waals surface area (Å²) >= 11 is 0. The van der Waals surface area contributed by atoms with Gasteiger partial charge in [-0.05, 0) is 30.2 Å². The van der Waals surface area contributed by atoms with Gasteiger partial charge in [-0.1, -0.05) is 36.4 Å². The molecule has 5 nitrogen and oxygen atoms in total. The summed E-state index contributed by atoms with van der Waals surface area (Å²) in [6, 6.07) is 13.4. The quantitative estimate of drug-likeness (QED) is 0.802. The minimum atomic E-state index is -1.12. The zero-order valence-corrected chi connectivity index (χ0v) is 13.1. The van der Waals surface area contributed by atoms with Gasteiger partial charge in [0.25, 0.3) is 0 Å². The molecule has 0 radical (unpaired) electrons. The third kappa shape index (κ3) is 3.81. The number of hydrogen-bond acceptors (Lipinski definition) is 5. The lowest BCUT2D eigenvalue weighted by molar-refractivity contribution is -0.148. The molecule has 2 unspecified atom stereocenters. The van der Waals surface area contributed by atoms with Crippen molar-refractivity contribution in [3.8, 4) is 11.5 Å². The van der Waals surface area contributed by atoms with Crippen LogP contribution in [-0.2, 0) is 9.53 Å². The van der Waals surface area contributed by atoms with Crippen molar-refractivity contribution < 1.29 is 24.5 Å². The normalized spacial score (nSPS) is 13.2. The van der Waals surface area contributed by atoms with E-state index >= 15 is 0 Å². The summed E-state index contributed by atoms with van der Waals surface area (Å²) in [5.74, 6) is -1.16. The molecule has 23 heavy (non-hydrogen) atoms. The van der Waals surface area contributed by atoms with E-state index in [2.05, 4.69) is 0 Å². The van der Waals surface area contributed by atoms with Crippen molar-refractivity contribution in [3.05, 3.63) is 59.7 Å². The third-order valence-electron chi connectivity index (χ3n) is 3.56. The highest BCUT2D eigenvalue weighted by molar-refractivity contribution is 5.79. The molecule has 5 heteroatoms. The van der Waals surface area contributed by atoms with E-state index in [1.807, 2.05) is 6.07 Å². The zero-order valence-electron chi connectivity index (χ0n) is 13.1. The van der Waals surface area contributed by atoms with Crippen molar-refractivity contribution in [2.24, 2.45) is 0 Å². The second kappa shape index (κ2) is 7.65. The molecule has 2 aromatic rings. The molecule has 0 aromatic heterocycles. The van der Waals surface area contributed by atoms with Crippen LogP contribution >= 0.6 is 0 Å². The van der Waals surface area contributed by atoms with Crippen LogP contribution in [-0.4, -0.2) is 29.9 Å². The molecule has 0 saturated heterocycles. The van der Waals surface area contributed by atoms with Crippen molar-refractivity contribution in [1.29, 1.82) is 0 Å². The van der Waals surface area contributed by atoms with E-state index in [-0.39, 0.29) is 18.1 Å². The number of aliphatic hydroxyl groups is 1. The summed E-state index contributed by atoms with van der Waals surface area (Å²) in [5, 5.41) is 20.4. The van der Waals surface area contributed by atoms with E-state index in [0.29, 0.717) is 11.1 Å². The fourth-order valence-corrected chi connectivity index (χ4v) is 2.41. The van der Waals surface area contributed by atoms with E-state index in [9.17, 15) is 15.0 Å². The Morgan fingerprint density at radius 2 is 1.83 bits per heavy atom. The number of esters is 1. The highest BCUT2D eigenvalue weighted by Gasteiger charge is 2.31. The number of carbonyl (C=O) groups is 1. The van der Waals surface area contributed by atoms with Gasteiger partial charge >= 0.3 is 5.97 Å². The SMILES string of the molecule is CCOC(=O)C(c1ccccc1)C(O)c1ccc(O)c(OC)c1. The van der Waals surface area contributed by atoms with Crippen LogP contribution in [0, 0.1) is 0 Å². The first kappa shape index (κ1) is 16.8. The van der Waals surface area contributed by atoms with Crippen molar-refractivity contribution in [2.45, 2.75) is 18.9 Å². The molecule has 2 atom stereocenters. The largest absolute Gasteiger partial charge is 0.504 e. The van der Waals surface area contributed by atoms with Crippen LogP contribution < -0.4 is 4.74 Å². The highest BCUT2D eigenvalue weighted by atomic mass is 16.5. The molecule has 0 bridgehead atoms. The van der Waals surface area contributed by atoms with Crippen LogP contribution in [0.2, 0.25) is 0 Å². The number of phenolic OH excluding ortho intramolecular Hbond substituents is 1. The Morgan fingerprint density at radius 1 is 1.13 bits per heavy atom. The first-order valence-corrected chi connectivity index (χ1v) is 7.35. The molecule has 0 heterocycles. The number of ether oxygens (including phenoxy) is 2. The Balaban J connectivity index is 2.40. The van der Waals surface area contributed by atoms with Crippen LogP contribution in [0.15, 0.2) is 48.5 Å². The maximum Gasteiger partial charge on any atom is 0.316 e. The van der Waals surface area contributed by atoms with Gasteiger partial charge in [0, 0.05) is 0 Å². The first-order chi connectivity index (χ1) is 11.1. The average Bonchev–Trinajstić information content (AvgIpc) is 2.56. The third-order valence-corrected chi connectivity index (χ3v) is 3.56. The molecule has 2 N–H and O–H groups in total. The summed E-state index contributed by atoms with van der Waals surface area (Å²) in [5.41, 5.74) is 1.12. The van der Waals surface area contributed by atoms with Gasteiger partial charge in [-0.2, -0.15) is 0 Å². The number of hydrogen-bond donors (Lipinski definition) is 2. The standard InChI is InChI=1S/C18H20O5/c1-3-23-18(21)16(12-7-5-4-6-8-12)17(20)13-9-10-14(19)15(11-13)22-2/h4-11,16-17,19-20H,3H2,1-2H3. The predicted molar refractivity (Wildman–Crippen MR) is 85.4 cm³/mol. The number of rotatable bonds is 6. The van der Waals surface area contributed by atoms with E-state index < -0.39 is 18.0 Å². The number of carbonyl (C=O) groups excluding carboxylic acids is 1. The molecule has 0 spiro atoms. The lowest BCUT2D eigenvalue weighted by Gasteiger charge is -2.22. The Bertz CT molecular complexity index is 654. The molecule has 0 saturated carbocycles. The number of benzene rings is 2. The molecule has 0 fully saturated rings. The van der Waals surface area contributed by atoms with Crippen LogP contribution in [0.3, 0.4) is 0 Å². The fourth-order valence-electron chi connectivity index (χ4n) is 2.41. The number of aromatic hydroxyl groups is 1. The summed E-state index contributed by atoms with van der Waals surface area (Å²) in [4.78, 5) is 12.3. The van der Waals surface area contributed by atoms with Gasteiger partial charge in [0.15, 0.2) is 11.5 Å². The van der Waals surface area contributed by atoms with Crippen LogP contribution in [0.25, 0.3) is 0 Å². The minimum absolute atomic E-state index is 0.0316. The Labute approximate surface area is 135 Å². The molecule has 2 aromatic carbocycles. The molecular weight excluding hydrogens is 296 g/mol. The second-order valence-electron chi connectivity index (χ2n) is 5.02. The number of methoxy groups -OCH3 is 1. The van der Waals surface area contributed by atoms with Gasteiger partial charge in [0.05, 0.1) is 19.8 Å². The monoisotopic (exact) mass is 316 g/mol. The van der Waals surface area contributed by atoms with Gasteiger partial charge < -0.3 is 19.7 Å². The molecule has 0 aliphatic heterocycles. The van der Waals surface area contributed by atoms with E-state index in [1.54, 1.807) is 37.3 Å². The topological polar surface area (TPSA) is 76.0 Å². The fraction of sp³-hybridized carbons (Fsp3) is 0.278. The van der Waals surface area contributed by atoms with Gasteiger partial charge in [0.1, 0.15) is 5.92 Å². The van der Waals surface area contributed by atoms with Crippen LogP contribution in [0.1, 0.15) is 30.1 Å². The van der Waals surface area contributed by atoms with Crippen LogP contribution in [0.4, 0.5) is 0 Å². The van der Waals surface area contributed by atoms with Gasteiger partial charge in [-0.25, -0.2) is 0 Å². The average molecular weight is 316 g/mol. The van der Waals surface area contributed by atoms with Crippen molar-refractivity contribution in [3.63, 3.8) is 0 Å². The van der Waals surface area contributed by atoms with Crippen molar-refractivity contribution >= 4 is 5.97 Å². The van der Waals surface area contributed by atoms with Crippen molar-refractivity contribution in [1.82, 2.24) is 0 Å². The minimum Gasteiger partial charge on any atom is -0.504 e. The van der Waals surface area contributed by atoms with Crippen molar-refractivity contribution in [2.75, 3.05) is 13.7 Å². The Morgan fingerprint density at radius 3 is 2.43 bits per heavy atom. The molecule has 0 aliphatic carbocycles. The van der Waals surface area contributed by atoms with E-state index in [1.165, 1.54) is 19.2 Å². The molecular formula is C18H20O5. The van der Waals surface area contributed by atoms with Gasteiger partial charge in [0.2, 0.25) is 0 Å². The summed E-state index contributed by atoms with van der Waals surface area (Å²) in [7, 11) is 1.42. The maximum absolute atomic E-state index is 12.3. The lowest BCUT2D eigenvalue weighted by Crippen LogP contribution is -2.22. The molecule has 2 rings (SSSR count). The van der Waals surface area contributed by atoms with E-state index in [4.69, 9.17) is 9.47 Å². The van der Waals surface area contributed by atoms with Crippen LogP contribution in [0.5, 0.6) is 11.5 Å². The van der Waals surface area contributed by atoms with Gasteiger partial charge in [-0.15, -0.1) is 0 Å². The first-order valence-electron chi connectivity index (χ1n) is 7.35. The maximum atomic E-state index is 12.3. The predicted octanol–water partition coefficient (Wildman–Crippen LogP) is 2.78. The second-order valence-corrected chi connectivity index (χ2v) is 5.02. The zero-order chi connectivity index (χ0) is 16.8. The van der Waals surface area contributed by atoms with Gasteiger partial charge in [-0.3, -0.25) is 4.79 Å². The molecule has 0 amide bonds. The summed E-state index contributed by atoms with van der Waals surface area (Å²) in [6.45, 7) is 1.95. The highest BCUT2D eigenvalue weighted by Crippen LogP contribution is 2.36. The van der Waals surface area contributed by atoms with E-state index in [0.717, 1.165) is 0 Å². The lowest BCUT2D eigenvalue weighted by atomic mass is 9.89. The molecule has 0 aliphatic rings. The summed E-state index contributed by atoms with van der Waals surface area (Å²) in [6.07, 6.45) is -1.12. The Hall–Kier alpha value is -2.53. The summed E-state index contributed by atoms with van der Waals surface area (Å²) < 4.78 is 10.2. The molecule has 122 valence electrons. The smallest absolute Gasteiger partial charge is 0.316 e. The number of phenols is 1. The number of aliphatic hydroxyl groups excluding tert-OH is 1.